The van der Waals surface area contributed by atoms with Gasteiger partial charge in [0.05, 0.1) is 4.91 Å². The lowest BCUT2D eigenvalue weighted by atomic mass is 10.2. The quantitative estimate of drug-likeness (QED) is 0.789. The second kappa shape index (κ2) is 5.72. The first kappa shape index (κ1) is 15.9. The molecule has 0 saturated carbocycles. The number of aryl methyl sites for hydroxylation is 1. The molecule has 0 spiro atoms. The Morgan fingerprint density at radius 1 is 1.10 bits per heavy atom. The SMILES string of the molecule is Cc1cc(/C=C2/SC(=O)N(C(C)C)C2=O)c(C)n1C(C)C. The minimum absolute atomic E-state index is 0.105. The molecule has 0 unspecified atom stereocenters. The summed E-state index contributed by atoms with van der Waals surface area (Å²) in [6.45, 7) is 12.1. The van der Waals surface area contributed by atoms with Crippen molar-refractivity contribution < 1.29 is 9.59 Å². The van der Waals surface area contributed by atoms with E-state index in [-0.39, 0.29) is 17.2 Å². The van der Waals surface area contributed by atoms with E-state index in [0.717, 1.165) is 28.7 Å². The number of aromatic nitrogens is 1. The fraction of sp³-hybridized carbons (Fsp3) is 0.500. The Labute approximate surface area is 130 Å². The highest BCUT2D eigenvalue weighted by atomic mass is 32.2. The molecule has 21 heavy (non-hydrogen) atoms. The second-order valence-electron chi connectivity index (χ2n) is 5.94. The fourth-order valence-corrected chi connectivity index (χ4v) is 3.76. The summed E-state index contributed by atoms with van der Waals surface area (Å²) in [5, 5.41) is -0.182. The lowest BCUT2D eigenvalue weighted by molar-refractivity contribution is -0.123. The molecule has 4 nitrogen and oxygen atoms in total. The zero-order chi connectivity index (χ0) is 15.9. The average molecular weight is 306 g/mol. The van der Waals surface area contributed by atoms with Gasteiger partial charge in [0.1, 0.15) is 0 Å². The van der Waals surface area contributed by atoms with Gasteiger partial charge >= 0.3 is 0 Å². The monoisotopic (exact) mass is 306 g/mol. The fourth-order valence-electron chi connectivity index (χ4n) is 2.81. The largest absolute Gasteiger partial charge is 0.346 e. The highest BCUT2D eigenvalue weighted by Crippen LogP contribution is 2.34. The minimum atomic E-state index is -0.186. The van der Waals surface area contributed by atoms with E-state index in [1.165, 1.54) is 4.90 Å². The van der Waals surface area contributed by atoms with Crippen LogP contribution in [-0.4, -0.2) is 26.7 Å². The first-order chi connectivity index (χ1) is 9.73. The zero-order valence-corrected chi connectivity index (χ0v) is 14.2. The Balaban J connectivity index is 2.40. The third kappa shape index (κ3) is 2.79. The second-order valence-corrected chi connectivity index (χ2v) is 6.93. The summed E-state index contributed by atoms with van der Waals surface area (Å²) in [5.41, 5.74) is 3.30. The van der Waals surface area contributed by atoms with E-state index in [0.29, 0.717) is 10.9 Å². The normalized spacial score (nSPS) is 17.9. The average Bonchev–Trinajstić information content (AvgIpc) is 2.77. The topological polar surface area (TPSA) is 42.3 Å². The minimum Gasteiger partial charge on any atom is -0.346 e. The molecule has 1 aromatic heterocycles. The Morgan fingerprint density at radius 2 is 1.71 bits per heavy atom. The van der Waals surface area contributed by atoms with Crippen molar-refractivity contribution in [3.05, 3.63) is 27.9 Å². The van der Waals surface area contributed by atoms with Gasteiger partial charge in [-0.2, -0.15) is 0 Å². The molecule has 114 valence electrons. The Bertz CT molecular complexity index is 626. The van der Waals surface area contributed by atoms with E-state index in [2.05, 4.69) is 31.4 Å². The smallest absolute Gasteiger partial charge is 0.293 e. The third-order valence-corrected chi connectivity index (χ3v) is 4.55. The molecule has 2 heterocycles. The lowest BCUT2D eigenvalue weighted by Crippen LogP contribution is -2.34. The van der Waals surface area contributed by atoms with Gasteiger partial charge in [0.25, 0.3) is 11.1 Å². The predicted octanol–water partition coefficient (Wildman–Crippen LogP) is 4.13. The number of thioether (sulfide) groups is 1. The maximum absolute atomic E-state index is 12.3. The van der Waals surface area contributed by atoms with Gasteiger partial charge in [-0.3, -0.25) is 14.5 Å². The van der Waals surface area contributed by atoms with Crippen LogP contribution in [0.5, 0.6) is 0 Å². The van der Waals surface area contributed by atoms with Crippen LogP contribution in [0, 0.1) is 13.8 Å². The van der Waals surface area contributed by atoms with Crippen molar-refractivity contribution >= 4 is 29.0 Å². The maximum Gasteiger partial charge on any atom is 0.293 e. The van der Waals surface area contributed by atoms with E-state index in [1.54, 1.807) is 0 Å². The van der Waals surface area contributed by atoms with Gasteiger partial charge in [0.15, 0.2) is 0 Å². The predicted molar refractivity (Wildman–Crippen MR) is 87.2 cm³/mol. The van der Waals surface area contributed by atoms with Crippen LogP contribution in [0.1, 0.15) is 50.7 Å². The van der Waals surface area contributed by atoms with Crippen LogP contribution in [-0.2, 0) is 4.79 Å². The van der Waals surface area contributed by atoms with Gasteiger partial charge in [-0.1, -0.05) is 0 Å². The molecule has 1 saturated heterocycles. The van der Waals surface area contributed by atoms with Crippen LogP contribution >= 0.6 is 11.8 Å². The maximum atomic E-state index is 12.3. The summed E-state index contributed by atoms with van der Waals surface area (Å²) in [5.74, 6) is -0.186. The van der Waals surface area contributed by atoms with Crippen molar-refractivity contribution in [3.8, 4) is 0 Å². The number of carbonyl (C=O) groups is 2. The Morgan fingerprint density at radius 3 is 2.14 bits per heavy atom. The molecule has 2 rings (SSSR count). The molecule has 2 amide bonds. The number of rotatable bonds is 3. The van der Waals surface area contributed by atoms with Gasteiger partial charge < -0.3 is 4.57 Å². The summed E-state index contributed by atoms with van der Waals surface area (Å²) in [4.78, 5) is 26.1. The molecule has 0 aromatic carbocycles. The third-order valence-electron chi connectivity index (χ3n) is 3.67. The summed E-state index contributed by atoms with van der Waals surface area (Å²) in [6, 6.07) is 2.34. The van der Waals surface area contributed by atoms with Gasteiger partial charge in [-0.25, -0.2) is 0 Å². The number of hydrogen-bond acceptors (Lipinski definition) is 3. The summed E-state index contributed by atoms with van der Waals surface area (Å²) < 4.78 is 2.23. The van der Waals surface area contributed by atoms with Crippen molar-refractivity contribution in [1.29, 1.82) is 0 Å². The Kier molecular flexibility index (Phi) is 4.33. The number of nitrogens with zero attached hydrogens (tertiary/aromatic N) is 2. The van der Waals surface area contributed by atoms with Crippen LogP contribution in [0.2, 0.25) is 0 Å². The van der Waals surface area contributed by atoms with Crippen LogP contribution in [0.15, 0.2) is 11.0 Å². The van der Waals surface area contributed by atoms with E-state index in [1.807, 2.05) is 26.8 Å². The molecule has 0 N–H and O–H groups in total. The van der Waals surface area contributed by atoms with Crippen molar-refractivity contribution in [2.45, 2.75) is 53.6 Å². The van der Waals surface area contributed by atoms with E-state index >= 15 is 0 Å². The molecular formula is C16H22N2O2S. The van der Waals surface area contributed by atoms with E-state index in [4.69, 9.17) is 0 Å². The number of carbonyl (C=O) groups excluding carboxylic acids is 2. The van der Waals surface area contributed by atoms with Crippen LogP contribution in [0.3, 0.4) is 0 Å². The molecule has 0 atom stereocenters. The van der Waals surface area contributed by atoms with Crippen molar-refractivity contribution in [2.24, 2.45) is 0 Å². The molecule has 1 aliphatic heterocycles. The standard InChI is InChI=1S/C16H22N2O2S/c1-9(2)17-11(5)7-13(12(17)6)8-14-15(19)18(10(3)4)16(20)21-14/h7-10H,1-6H3/b14-8+. The van der Waals surface area contributed by atoms with Crippen molar-refractivity contribution in [3.63, 3.8) is 0 Å². The number of amides is 2. The number of imide groups is 1. The van der Waals surface area contributed by atoms with Gasteiger partial charge in [0, 0.05) is 23.5 Å². The molecule has 0 aliphatic carbocycles. The molecule has 0 radical (unpaired) electrons. The summed E-state index contributed by atoms with van der Waals surface area (Å²) >= 11 is 1.03. The van der Waals surface area contributed by atoms with Crippen molar-refractivity contribution in [1.82, 2.24) is 9.47 Å². The first-order valence-corrected chi connectivity index (χ1v) is 8.01. The molecule has 5 heteroatoms. The molecule has 1 aliphatic rings. The highest BCUT2D eigenvalue weighted by Gasteiger charge is 2.36. The van der Waals surface area contributed by atoms with Crippen molar-refractivity contribution in [2.75, 3.05) is 0 Å². The van der Waals surface area contributed by atoms with Gasteiger partial charge in [-0.15, -0.1) is 0 Å². The van der Waals surface area contributed by atoms with E-state index in [9.17, 15) is 9.59 Å². The Hall–Kier alpha value is -1.49. The molecule has 1 fully saturated rings. The summed E-state index contributed by atoms with van der Waals surface area (Å²) in [6.07, 6.45) is 1.84. The van der Waals surface area contributed by atoms with Gasteiger partial charge in [0.2, 0.25) is 0 Å². The lowest BCUT2D eigenvalue weighted by Gasteiger charge is -2.16. The zero-order valence-electron chi connectivity index (χ0n) is 13.4. The molecule has 1 aromatic rings. The van der Waals surface area contributed by atoms with Crippen LogP contribution < -0.4 is 0 Å². The van der Waals surface area contributed by atoms with Crippen LogP contribution in [0.25, 0.3) is 6.08 Å². The van der Waals surface area contributed by atoms with E-state index < -0.39 is 0 Å². The molecular weight excluding hydrogens is 284 g/mol. The van der Waals surface area contributed by atoms with Crippen LogP contribution in [0.4, 0.5) is 4.79 Å². The number of hydrogen-bond donors (Lipinski definition) is 0. The summed E-state index contributed by atoms with van der Waals surface area (Å²) in [7, 11) is 0. The first-order valence-electron chi connectivity index (χ1n) is 7.19. The van der Waals surface area contributed by atoms with Gasteiger partial charge in [-0.05, 0) is 71.0 Å². The highest BCUT2D eigenvalue weighted by molar-refractivity contribution is 8.18. The molecule has 0 bridgehead atoms.